The van der Waals surface area contributed by atoms with Crippen molar-refractivity contribution in [1.29, 1.82) is 0 Å². The van der Waals surface area contributed by atoms with Gasteiger partial charge in [0.1, 0.15) is 0 Å². The fourth-order valence-corrected chi connectivity index (χ4v) is 3.27. The van der Waals surface area contributed by atoms with Crippen molar-refractivity contribution in [1.82, 2.24) is 9.80 Å². The number of piperazine rings is 1. The number of hydrogen-bond donors (Lipinski definition) is 0. The van der Waals surface area contributed by atoms with Gasteiger partial charge >= 0.3 is 0 Å². The van der Waals surface area contributed by atoms with Crippen molar-refractivity contribution in [3.05, 3.63) is 29.3 Å². The number of nitrogens with zero attached hydrogens (tertiary/aromatic N) is 3. The molecule has 2 heterocycles. The Morgan fingerprint density at radius 3 is 2.13 bits per heavy atom. The summed E-state index contributed by atoms with van der Waals surface area (Å²) in [6.07, 6.45) is 0.786. The predicted octanol–water partition coefficient (Wildman–Crippen LogP) is 0.900. The van der Waals surface area contributed by atoms with Gasteiger partial charge in [0.25, 0.3) is 5.91 Å². The molecule has 1 saturated heterocycles. The highest BCUT2D eigenvalue weighted by Crippen LogP contribution is 2.29. The Labute approximate surface area is 135 Å². The van der Waals surface area contributed by atoms with Gasteiger partial charge in [0, 0.05) is 57.8 Å². The molecule has 2 aliphatic rings. The van der Waals surface area contributed by atoms with E-state index in [2.05, 4.69) is 0 Å². The van der Waals surface area contributed by atoms with E-state index in [4.69, 9.17) is 0 Å². The molecule has 3 rings (SSSR count). The summed E-state index contributed by atoms with van der Waals surface area (Å²) < 4.78 is 0. The standard InChI is InChI=1S/C17H21N3O3/c1-12(21)18-7-9-19(10-8-18)17(23)15-3-4-16-14(11-15)5-6-20(16)13(2)22/h3-4,11H,5-10H2,1-2H3. The van der Waals surface area contributed by atoms with E-state index < -0.39 is 0 Å². The van der Waals surface area contributed by atoms with Gasteiger partial charge < -0.3 is 14.7 Å². The van der Waals surface area contributed by atoms with Crippen molar-refractivity contribution in [2.45, 2.75) is 20.3 Å². The van der Waals surface area contributed by atoms with Gasteiger partial charge in [0.2, 0.25) is 11.8 Å². The fraction of sp³-hybridized carbons (Fsp3) is 0.471. The summed E-state index contributed by atoms with van der Waals surface area (Å²) >= 11 is 0. The van der Waals surface area contributed by atoms with Crippen molar-refractivity contribution in [3.63, 3.8) is 0 Å². The van der Waals surface area contributed by atoms with Crippen molar-refractivity contribution in [2.24, 2.45) is 0 Å². The van der Waals surface area contributed by atoms with Crippen LogP contribution in [0.25, 0.3) is 0 Å². The molecule has 23 heavy (non-hydrogen) atoms. The molecule has 6 nitrogen and oxygen atoms in total. The summed E-state index contributed by atoms with van der Waals surface area (Å²) in [6, 6.07) is 5.56. The number of anilines is 1. The normalized spacial score (nSPS) is 17.2. The molecule has 2 aliphatic heterocycles. The van der Waals surface area contributed by atoms with Crippen LogP contribution in [0, 0.1) is 0 Å². The summed E-state index contributed by atoms with van der Waals surface area (Å²) in [5, 5.41) is 0. The largest absolute Gasteiger partial charge is 0.339 e. The van der Waals surface area contributed by atoms with E-state index in [1.54, 1.807) is 34.6 Å². The lowest BCUT2D eigenvalue weighted by atomic mass is 10.1. The molecule has 122 valence electrons. The van der Waals surface area contributed by atoms with E-state index in [-0.39, 0.29) is 17.7 Å². The van der Waals surface area contributed by atoms with Crippen molar-refractivity contribution >= 4 is 23.4 Å². The predicted molar refractivity (Wildman–Crippen MR) is 86.3 cm³/mol. The highest BCUT2D eigenvalue weighted by molar-refractivity contribution is 5.98. The number of carbonyl (C=O) groups excluding carboxylic acids is 3. The second-order valence-corrected chi connectivity index (χ2v) is 6.06. The first-order valence-electron chi connectivity index (χ1n) is 7.93. The number of fused-ring (bicyclic) bond motifs is 1. The lowest BCUT2D eigenvalue weighted by Gasteiger charge is -2.34. The molecule has 0 aromatic heterocycles. The van der Waals surface area contributed by atoms with Gasteiger partial charge in [-0.3, -0.25) is 14.4 Å². The molecule has 0 bridgehead atoms. The first-order valence-corrected chi connectivity index (χ1v) is 7.93. The Balaban J connectivity index is 1.72. The quantitative estimate of drug-likeness (QED) is 0.773. The van der Waals surface area contributed by atoms with Gasteiger partial charge in [-0.15, -0.1) is 0 Å². The molecule has 0 spiro atoms. The molecular weight excluding hydrogens is 294 g/mol. The number of carbonyl (C=O) groups is 3. The molecule has 3 amide bonds. The SMILES string of the molecule is CC(=O)N1CCN(C(=O)c2ccc3c(c2)CCN3C(C)=O)CC1. The summed E-state index contributed by atoms with van der Waals surface area (Å²) in [5.41, 5.74) is 2.62. The Bertz CT molecular complexity index is 663. The van der Waals surface area contributed by atoms with Crippen LogP contribution in [0.4, 0.5) is 5.69 Å². The molecule has 1 aromatic carbocycles. The number of benzene rings is 1. The summed E-state index contributed by atoms with van der Waals surface area (Å²) in [5.74, 6) is 0.0828. The Hall–Kier alpha value is -2.37. The fourth-order valence-electron chi connectivity index (χ4n) is 3.27. The van der Waals surface area contributed by atoms with Gasteiger partial charge in [-0.05, 0) is 30.2 Å². The minimum absolute atomic E-state index is 0.00252. The lowest BCUT2D eigenvalue weighted by Crippen LogP contribution is -2.50. The molecule has 0 radical (unpaired) electrons. The van der Waals surface area contributed by atoms with Crippen molar-refractivity contribution in [2.75, 3.05) is 37.6 Å². The van der Waals surface area contributed by atoms with Gasteiger partial charge in [-0.2, -0.15) is 0 Å². The van der Waals surface area contributed by atoms with Crippen LogP contribution in [-0.2, 0) is 16.0 Å². The van der Waals surface area contributed by atoms with Crippen LogP contribution < -0.4 is 4.90 Å². The molecule has 0 N–H and O–H groups in total. The van der Waals surface area contributed by atoms with Gasteiger partial charge in [0.05, 0.1) is 0 Å². The summed E-state index contributed by atoms with van der Waals surface area (Å²) in [4.78, 5) is 40.9. The highest BCUT2D eigenvalue weighted by atomic mass is 16.2. The molecule has 0 unspecified atom stereocenters. The Kier molecular flexibility index (Phi) is 4.07. The van der Waals surface area contributed by atoms with E-state index >= 15 is 0 Å². The Morgan fingerprint density at radius 1 is 0.870 bits per heavy atom. The topological polar surface area (TPSA) is 60.9 Å². The molecule has 6 heteroatoms. The maximum atomic E-state index is 12.6. The van der Waals surface area contributed by atoms with E-state index in [1.807, 2.05) is 12.1 Å². The average Bonchev–Trinajstić information content (AvgIpc) is 2.97. The second kappa shape index (κ2) is 6.02. The van der Waals surface area contributed by atoms with E-state index in [1.165, 1.54) is 0 Å². The van der Waals surface area contributed by atoms with E-state index in [0.29, 0.717) is 38.3 Å². The van der Waals surface area contributed by atoms with Crippen LogP contribution in [0.3, 0.4) is 0 Å². The van der Waals surface area contributed by atoms with E-state index in [0.717, 1.165) is 17.7 Å². The molecular formula is C17H21N3O3. The van der Waals surface area contributed by atoms with Crippen LogP contribution >= 0.6 is 0 Å². The summed E-state index contributed by atoms with van der Waals surface area (Å²) in [7, 11) is 0. The minimum Gasteiger partial charge on any atom is -0.339 e. The van der Waals surface area contributed by atoms with Crippen molar-refractivity contribution < 1.29 is 14.4 Å². The maximum Gasteiger partial charge on any atom is 0.253 e. The van der Waals surface area contributed by atoms with Crippen LogP contribution in [0.1, 0.15) is 29.8 Å². The Morgan fingerprint density at radius 2 is 1.52 bits per heavy atom. The van der Waals surface area contributed by atoms with Gasteiger partial charge in [0.15, 0.2) is 0 Å². The third-order valence-corrected chi connectivity index (χ3v) is 4.61. The monoisotopic (exact) mass is 315 g/mol. The molecule has 0 saturated carbocycles. The minimum atomic E-state index is -0.00252. The molecule has 1 aromatic rings. The van der Waals surface area contributed by atoms with Crippen LogP contribution in [-0.4, -0.2) is 60.2 Å². The van der Waals surface area contributed by atoms with Gasteiger partial charge in [-0.25, -0.2) is 0 Å². The average molecular weight is 315 g/mol. The zero-order valence-corrected chi connectivity index (χ0v) is 13.5. The summed E-state index contributed by atoms with van der Waals surface area (Å²) in [6.45, 7) is 6.10. The smallest absolute Gasteiger partial charge is 0.253 e. The number of amides is 3. The highest BCUT2D eigenvalue weighted by Gasteiger charge is 2.26. The molecule has 0 aliphatic carbocycles. The molecule has 0 atom stereocenters. The first kappa shape index (κ1) is 15.5. The van der Waals surface area contributed by atoms with Gasteiger partial charge in [-0.1, -0.05) is 0 Å². The zero-order valence-electron chi connectivity index (χ0n) is 13.5. The number of rotatable bonds is 1. The van der Waals surface area contributed by atoms with E-state index in [9.17, 15) is 14.4 Å². The van der Waals surface area contributed by atoms with Crippen LogP contribution in [0.2, 0.25) is 0 Å². The first-order chi connectivity index (χ1) is 11.0. The third kappa shape index (κ3) is 2.93. The van der Waals surface area contributed by atoms with Crippen molar-refractivity contribution in [3.8, 4) is 0 Å². The second-order valence-electron chi connectivity index (χ2n) is 6.06. The zero-order chi connectivity index (χ0) is 16.6. The van der Waals surface area contributed by atoms with Crippen LogP contribution in [0.5, 0.6) is 0 Å². The number of hydrogen-bond acceptors (Lipinski definition) is 3. The van der Waals surface area contributed by atoms with Crippen LogP contribution in [0.15, 0.2) is 18.2 Å². The maximum absolute atomic E-state index is 12.6. The third-order valence-electron chi connectivity index (χ3n) is 4.61. The lowest BCUT2D eigenvalue weighted by molar-refractivity contribution is -0.130. The molecule has 1 fully saturated rings.